The van der Waals surface area contributed by atoms with Gasteiger partial charge in [0.15, 0.2) is 0 Å². The van der Waals surface area contributed by atoms with Crippen molar-refractivity contribution in [3.05, 3.63) is 33.8 Å². The van der Waals surface area contributed by atoms with Gasteiger partial charge < -0.3 is 15.0 Å². The lowest BCUT2D eigenvalue weighted by Crippen LogP contribution is -2.48. The lowest BCUT2D eigenvalue weighted by Gasteiger charge is -2.33. The van der Waals surface area contributed by atoms with Gasteiger partial charge in [0.05, 0.1) is 15.6 Å². The fraction of sp³-hybridized carbons (Fsp3) is 0.529. The molecule has 1 N–H and O–H groups in total. The molecule has 0 saturated carbocycles. The molecule has 0 bridgehead atoms. The number of carbonyl (C=O) groups is 2. The lowest BCUT2D eigenvalue weighted by molar-refractivity contribution is -0.131. The summed E-state index contributed by atoms with van der Waals surface area (Å²) >= 11 is 12.2. The summed E-state index contributed by atoms with van der Waals surface area (Å²) in [5.41, 5.74) is 0.350. The third kappa shape index (κ3) is 3.85. The van der Waals surface area contributed by atoms with Crippen LogP contribution in [0.2, 0.25) is 10.0 Å². The molecule has 1 aromatic carbocycles. The van der Waals surface area contributed by atoms with Crippen molar-refractivity contribution in [2.45, 2.75) is 37.8 Å². The zero-order chi connectivity index (χ0) is 17.1. The number of piperidine rings is 1. The highest BCUT2D eigenvalue weighted by molar-refractivity contribution is 6.39. The van der Waals surface area contributed by atoms with Crippen LogP contribution in [0.5, 0.6) is 0 Å². The maximum absolute atomic E-state index is 12.6. The Balaban J connectivity index is 1.55. The van der Waals surface area contributed by atoms with E-state index in [2.05, 4.69) is 5.32 Å². The smallest absolute Gasteiger partial charge is 0.256 e. The number of hydrogen-bond donors (Lipinski definition) is 1. The quantitative estimate of drug-likeness (QED) is 0.889. The van der Waals surface area contributed by atoms with E-state index in [0.717, 1.165) is 12.8 Å². The highest BCUT2D eigenvalue weighted by Crippen LogP contribution is 2.27. The Labute approximate surface area is 151 Å². The Morgan fingerprint density at radius 1 is 1.12 bits per heavy atom. The molecular formula is C17H20Cl2N2O3. The molecule has 0 unspecified atom stereocenters. The molecule has 1 atom stereocenters. The Morgan fingerprint density at radius 3 is 2.38 bits per heavy atom. The van der Waals surface area contributed by atoms with Crippen molar-refractivity contribution in [1.82, 2.24) is 10.2 Å². The molecule has 0 radical (unpaired) electrons. The minimum absolute atomic E-state index is 0.0357. The van der Waals surface area contributed by atoms with E-state index < -0.39 is 0 Å². The number of nitrogens with one attached hydrogen (secondary N) is 1. The van der Waals surface area contributed by atoms with E-state index in [1.807, 2.05) is 0 Å². The van der Waals surface area contributed by atoms with Crippen molar-refractivity contribution in [2.24, 2.45) is 0 Å². The number of nitrogens with zero attached hydrogens (tertiary/aromatic N) is 1. The summed E-state index contributed by atoms with van der Waals surface area (Å²) in [6, 6.07) is 5.12. The molecule has 0 aromatic heterocycles. The molecule has 130 valence electrons. The monoisotopic (exact) mass is 370 g/mol. The Bertz CT molecular complexity index is 604. The molecular weight excluding hydrogens is 351 g/mol. The van der Waals surface area contributed by atoms with Gasteiger partial charge in [-0.25, -0.2) is 0 Å². The molecule has 0 spiro atoms. The van der Waals surface area contributed by atoms with Gasteiger partial charge in [0, 0.05) is 25.7 Å². The van der Waals surface area contributed by atoms with Crippen molar-refractivity contribution >= 4 is 35.0 Å². The number of hydrogen-bond acceptors (Lipinski definition) is 3. The van der Waals surface area contributed by atoms with Crippen LogP contribution in [0.4, 0.5) is 0 Å². The van der Waals surface area contributed by atoms with Crippen molar-refractivity contribution in [1.29, 1.82) is 0 Å². The van der Waals surface area contributed by atoms with Gasteiger partial charge in [-0.05, 0) is 37.8 Å². The van der Waals surface area contributed by atoms with Gasteiger partial charge in [0.2, 0.25) is 5.91 Å². The largest absolute Gasteiger partial charge is 0.368 e. The van der Waals surface area contributed by atoms with E-state index in [4.69, 9.17) is 27.9 Å². The fourth-order valence-corrected chi connectivity index (χ4v) is 3.72. The van der Waals surface area contributed by atoms with Crippen molar-refractivity contribution in [3.63, 3.8) is 0 Å². The zero-order valence-corrected chi connectivity index (χ0v) is 14.8. The summed E-state index contributed by atoms with van der Waals surface area (Å²) in [6.07, 6.45) is 2.84. The average molecular weight is 371 g/mol. The number of carbonyl (C=O) groups excluding carboxylic acids is 2. The van der Waals surface area contributed by atoms with Crippen LogP contribution >= 0.6 is 23.2 Å². The molecule has 2 fully saturated rings. The molecule has 2 amide bonds. The number of amides is 2. The molecule has 2 saturated heterocycles. The molecule has 1 aromatic rings. The number of halogens is 2. The van der Waals surface area contributed by atoms with Crippen LogP contribution < -0.4 is 5.32 Å². The summed E-state index contributed by atoms with van der Waals surface area (Å²) in [7, 11) is 0. The first-order valence-electron chi connectivity index (χ1n) is 8.21. The van der Waals surface area contributed by atoms with Crippen LogP contribution in [-0.2, 0) is 9.53 Å². The van der Waals surface area contributed by atoms with E-state index in [0.29, 0.717) is 48.1 Å². The number of benzene rings is 1. The van der Waals surface area contributed by atoms with Gasteiger partial charge in [-0.15, -0.1) is 0 Å². The third-order valence-electron chi connectivity index (χ3n) is 4.53. The second-order valence-electron chi connectivity index (χ2n) is 6.17. The van der Waals surface area contributed by atoms with E-state index in [1.165, 1.54) is 0 Å². The van der Waals surface area contributed by atoms with Gasteiger partial charge in [-0.2, -0.15) is 0 Å². The highest BCUT2D eigenvalue weighted by Gasteiger charge is 2.29. The zero-order valence-electron chi connectivity index (χ0n) is 13.3. The summed E-state index contributed by atoms with van der Waals surface area (Å²) < 4.78 is 5.39. The second-order valence-corrected chi connectivity index (χ2v) is 6.99. The van der Waals surface area contributed by atoms with Crippen molar-refractivity contribution < 1.29 is 14.3 Å². The highest BCUT2D eigenvalue weighted by atomic mass is 35.5. The molecule has 3 rings (SSSR count). The van der Waals surface area contributed by atoms with E-state index in [-0.39, 0.29) is 24.0 Å². The first-order valence-corrected chi connectivity index (χ1v) is 8.97. The van der Waals surface area contributed by atoms with Crippen molar-refractivity contribution in [2.75, 3.05) is 19.7 Å². The SMILES string of the molecule is O=C(NC1CCN(C(=O)c2c(Cl)cccc2Cl)CC1)[C@H]1CCCO1. The van der Waals surface area contributed by atoms with Crippen molar-refractivity contribution in [3.8, 4) is 0 Å². The minimum Gasteiger partial charge on any atom is -0.368 e. The predicted octanol–water partition coefficient (Wildman–Crippen LogP) is 2.89. The molecule has 24 heavy (non-hydrogen) atoms. The van der Waals surface area contributed by atoms with E-state index in [9.17, 15) is 9.59 Å². The summed E-state index contributed by atoms with van der Waals surface area (Å²) in [4.78, 5) is 26.5. The number of likely N-dealkylation sites (tertiary alicyclic amines) is 1. The van der Waals surface area contributed by atoms with Gasteiger partial charge in [0.25, 0.3) is 5.91 Å². The van der Waals surface area contributed by atoms with Crippen LogP contribution in [0, 0.1) is 0 Å². The molecule has 2 aliphatic rings. The minimum atomic E-state index is -0.313. The fourth-order valence-electron chi connectivity index (χ4n) is 3.17. The van der Waals surface area contributed by atoms with Gasteiger partial charge in [-0.1, -0.05) is 29.3 Å². The van der Waals surface area contributed by atoms with Gasteiger partial charge >= 0.3 is 0 Å². The Kier molecular flexibility index (Phi) is 5.64. The standard InChI is InChI=1S/C17H20Cl2N2O3/c18-12-3-1-4-13(19)15(12)17(23)21-8-6-11(7-9-21)20-16(22)14-5-2-10-24-14/h1,3-4,11,14H,2,5-10H2,(H,20,22)/t14-/m1/s1. The lowest BCUT2D eigenvalue weighted by atomic mass is 10.0. The number of ether oxygens (including phenoxy) is 1. The Hall–Kier alpha value is -1.30. The molecule has 7 heteroatoms. The second kappa shape index (κ2) is 7.72. The van der Waals surface area contributed by atoms with Crippen LogP contribution in [0.3, 0.4) is 0 Å². The summed E-state index contributed by atoms with van der Waals surface area (Å²) in [6.45, 7) is 1.79. The maximum atomic E-state index is 12.6. The maximum Gasteiger partial charge on any atom is 0.256 e. The normalized spacial score (nSPS) is 21.8. The molecule has 0 aliphatic carbocycles. The predicted molar refractivity (Wildman–Crippen MR) is 92.5 cm³/mol. The molecule has 2 heterocycles. The van der Waals surface area contributed by atoms with E-state index in [1.54, 1.807) is 23.1 Å². The van der Waals surface area contributed by atoms with Gasteiger partial charge in [-0.3, -0.25) is 9.59 Å². The van der Waals surface area contributed by atoms with Crippen LogP contribution in [0.1, 0.15) is 36.0 Å². The van der Waals surface area contributed by atoms with Crippen LogP contribution in [0.25, 0.3) is 0 Å². The topological polar surface area (TPSA) is 58.6 Å². The van der Waals surface area contributed by atoms with E-state index >= 15 is 0 Å². The summed E-state index contributed by atoms with van der Waals surface area (Å²) in [5, 5.41) is 3.75. The van der Waals surface area contributed by atoms with Crippen LogP contribution in [0.15, 0.2) is 18.2 Å². The Morgan fingerprint density at radius 2 is 1.79 bits per heavy atom. The summed E-state index contributed by atoms with van der Waals surface area (Å²) in [5.74, 6) is -0.194. The van der Waals surface area contributed by atoms with Crippen LogP contribution in [-0.4, -0.2) is 48.6 Å². The first kappa shape index (κ1) is 17.5. The van der Waals surface area contributed by atoms with Gasteiger partial charge in [0.1, 0.15) is 6.10 Å². The first-order chi connectivity index (χ1) is 11.6. The molecule has 2 aliphatic heterocycles. The average Bonchev–Trinajstić information content (AvgIpc) is 3.10. The third-order valence-corrected chi connectivity index (χ3v) is 5.16. The molecule has 5 nitrogen and oxygen atoms in total. The number of rotatable bonds is 3.